The molecule has 1 aliphatic rings. The van der Waals surface area contributed by atoms with Gasteiger partial charge in [0.1, 0.15) is 0 Å². The molecule has 0 aliphatic carbocycles. The molecule has 19 heavy (non-hydrogen) atoms. The molecule has 5 heteroatoms. The Balaban J connectivity index is 2.25. The maximum atomic E-state index is 12.1. The van der Waals surface area contributed by atoms with Crippen molar-refractivity contribution < 1.29 is 8.42 Å². The van der Waals surface area contributed by atoms with Gasteiger partial charge in [-0.3, -0.25) is 0 Å². The minimum Gasteiger partial charge on any atom is -0.380 e. The van der Waals surface area contributed by atoms with E-state index in [1.807, 2.05) is 12.1 Å². The molecule has 2 rings (SSSR count). The fourth-order valence-corrected chi connectivity index (χ4v) is 3.51. The first-order valence-electron chi connectivity index (χ1n) is 6.86. The Hall–Kier alpha value is -1.07. The van der Waals surface area contributed by atoms with Crippen LogP contribution in [0.15, 0.2) is 29.2 Å². The van der Waals surface area contributed by atoms with Crippen molar-refractivity contribution in [2.45, 2.75) is 43.7 Å². The zero-order chi connectivity index (χ0) is 13.9. The van der Waals surface area contributed by atoms with E-state index in [9.17, 15) is 8.42 Å². The summed E-state index contributed by atoms with van der Waals surface area (Å²) in [5.74, 6) is 0.129. The van der Waals surface area contributed by atoms with Crippen molar-refractivity contribution in [3.05, 3.63) is 24.3 Å². The molecule has 1 aromatic rings. The molecule has 0 radical (unpaired) electrons. The van der Waals surface area contributed by atoms with Gasteiger partial charge in [-0.25, -0.2) is 8.42 Å². The van der Waals surface area contributed by atoms with E-state index < -0.39 is 9.84 Å². The predicted octanol–water partition coefficient (Wildman–Crippen LogP) is 2.03. The van der Waals surface area contributed by atoms with E-state index >= 15 is 0 Å². The summed E-state index contributed by atoms with van der Waals surface area (Å²) in [6, 6.07) is 7.81. The third kappa shape index (κ3) is 3.28. The molecule has 0 amide bonds. The summed E-state index contributed by atoms with van der Waals surface area (Å²) < 4.78 is 24.2. The van der Waals surface area contributed by atoms with Crippen LogP contribution in [0.2, 0.25) is 0 Å². The van der Waals surface area contributed by atoms with E-state index in [4.69, 9.17) is 0 Å². The summed E-state index contributed by atoms with van der Waals surface area (Å²) in [6.45, 7) is 4.85. The molecular weight excluding hydrogens is 260 g/mol. The number of para-hydroxylation sites is 1. The SMILES string of the molecule is CCS(=O)(=O)c1ccccc1NC1CCCNC1C. The molecule has 0 spiro atoms. The van der Waals surface area contributed by atoms with Crippen molar-refractivity contribution in [3.63, 3.8) is 0 Å². The highest BCUT2D eigenvalue weighted by Gasteiger charge is 2.23. The highest BCUT2D eigenvalue weighted by atomic mass is 32.2. The van der Waals surface area contributed by atoms with Crippen LogP contribution in [0.3, 0.4) is 0 Å². The number of sulfone groups is 1. The van der Waals surface area contributed by atoms with Crippen LogP contribution in [0.25, 0.3) is 0 Å². The molecule has 1 aromatic carbocycles. The molecule has 1 saturated heterocycles. The van der Waals surface area contributed by atoms with Crippen LogP contribution in [0.5, 0.6) is 0 Å². The highest BCUT2D eigenvalue weighted by Crippen LogP contribution is 2.24. The van der Waals surface area contributed by atoms with Crippen LogP contribution in [0.4, 0.5) is 5.69 Å². The topological polar surface area (TPSA) is 58.2 Å². The minimum absolute atomic E-state index is 0.129. The van der Waals surface area contributed by atoms with Gasteiger partial charge in [-0.2, -0.15) is 0 Å². The van der Waals surface area contributed by atoms with Gasteiger partial charge in [-0.15, -0.1) is 0 Å². The second kappa shape index (κ2) is 5.92. The molecule has 106 valence electrons. The fourth-order valence-electron chi connectivity index (χ4n) is 2.45. The van der Waals surface area contributed by atoms with E-state index in [0.29, 0.717) is 10.9 Å². The summed E-state index contributed by atoms with van der Waals surface area (Å²) in [5.41, 5.74) is 0.727. The Morgan fingerprint density at radius 1 is 1.37 bits per heavy atom. The Morgan fingerprint density at radius 3 is 2.79 bits per heavy atom. The van der Waals surface area contributed by atoms with Gasteiger partial charge in [0.05, 0.1) is 16.3 Å². The van der Waals surface area contributed by atoms with Crippen LogP contribution in [-0.2, 0) is 9.84 Å². The first kappa shape index (κ1) is 14.3. The predicted molar refractivity (Wildman–Crippen MR) is 78.3 cm³/mol. The average Bonchev–Trinajstić information content (AvgIpc) is 2.42. The summed E-state index contributed by atoms with van der Waals surface area (Å²) in [6.07, 6.45) is 2.18. The van der Waals surface area contributed by atoms with Crippen molar-refractivity contribution in [1.29, 1.82) is 0 Å². The van der Waals surface area contributed by atoms with Gasteiger partial charge in [0, 0.05) is 12.1 Å². The van der Waals surface area contributed by atoms with Gasteiger partial charge >= 0.3 is 0 Å². The van der Waals surface area contributed by atoms with Gasteiger partial charge in [0.15, 0.2) is 9.84 Å². The van der Waals surface area contributed by atoms with Gasteiger partial charge in [0.25, 0.3) is 0 Å². The molecule has 2 N–H and O–H groups in total. The summed E-state index contributed by atoms with van der Waals surface area (Å²) in [7, 11) is -3.18. The first-order valence-corrected chi connectivity index (χ1v) is 8.51. The van der Waals surface area contributed by atoms with Gasteiger partial charge in [-0.05, 0) is 38.4 Å². The number of rotatable bonds is 4. The second-order valence-corrected chi connectivity index (χ2v) is 7.28. The quantitative estimate of drug-likeness (QED) is 0.887. The standard InChI is InChI=1S/C14H22N2O2S/c1-3-19(17,18)14-9-5-4-7-13(14)16-12-8-6-10-15-11(12)2/h4-5,7,9,11-12,15-16H,3,6,8,10H2,1-2H3. The lowest BCUT2D eigenvalue weighted by atomic mass is 9.99. The van der Waals surface area contributed by atoms with Crippen LogP contribution in [-0.4, -0.2) is 32.8 Å². The van der Waals surface area contributed by atoms with E-state index in [0.717, 1.165) is 25.1 Å². The lowest BCUT2D eigenvalue weighted by Gasteiger charge is -2.32. The van der Waals surface area contributed by atoms with E-state index in [-0.39, 0.29) is 11.8 Å². The first-order chi connectivity index (χ1) is 9.04. The number of piperidine rings is 1. The van der Waals surface area contributed by atoms with E-state index in [1.54, 1.807) is 19.1 Å². The van der Waals surface area contributed by atoms with Crippen LogP contribution >= 0.6 is 0 Å². The number of anilines is 1. The third-order valence-electron chi connectivity index (χ3n) is 3.70. The minimum atomic E-state index is -3.18. The van der Waals surface area contributed by atoms with E-state index in [2.05, 4.69) is 17.6 Å². The largest absolute Gasteiger partial charge is 0.380 e. The van der Waals surface area contributed by atoms with Crippen LogP contribution < -0.4 is 10.6 Å². The maximum Gasteiger partial charge on any atom is 0.180 e. The third-order valence-corrected chi connectivity index (χ3v) is 5.49. The fraction of sp³-hybridized carbons (Fsp3) is 0.571. The second-order valence-electron chi connectivity index (χ2n) is 5.04. The van der Waals surface area contributed by atoms with Crippen molar-refractivity contribution in [3.8, 4) is 0 Å². The molecule has 4 nitrogen and oxygen atoms in total. The van der Waals surface area contributed by atoms with Crippen molar-refractivity contribution in [1.82, 2.24) is 5.32 Å². The van der Waals surface area contributed by atoms with Crippen molar-refractivity contribution in [2.75, 3.05) is 17.6 Å². The highest BCUT2D eigenvalue weighted by molar-refractivity contribution is 7.91. The number of hydrogen-bond donors (Lipinski definition) is 2. The lowest BCUT2D eigenvalue weighted by Crippen LogP contribution is -2.46. The molecule has 0 aromatic heterocycles. The Morgan fingerprint density at radius 2 is 2.11 bits per heavy atom. The number of benzene rings is 1. The van der Waals surface area contributed by atoms with Gasteiger partial charge in [-0.1, -0.05) is 19.1 Å². The molecule has 1 heterocycles. The summed E-state index contributed by atoms with van der Waals surface area (Å²) in [4.78, 5) is 0.412. The van der Waals surface area contributed by atoms with E-state index in [1.165, 1.54) is 0 Å². The smallest absolute Gasteiger partial charge is 0.180 e. The Bertz CT molecular complexity index is 528. The number of hydrogen-bond acceptors (Lipinski definition) is 4. The molecule has 1 aliphatic heterocycles. The molecule has 0 saturated carbocycles. The van der Waals surface area contributed by atoms with Gasteiger partial charge in [0.2, 0.25) is 0 Å². The molecule has 2 unspecified atom stereocenters. The zero-order valence-corrected chi connectivity index (χ0v) is 12.3. The summed E-state index contributed by atoms with van der Waals surface area (Å²) >= 11 is 0. The zero-order valence-electron chi connectivity index (χ0n) is 11.5. The van der Waals surface area contributed by atoms with Crippen molar-refractivity contribution >= 4 is 15.5 Å². The van der Waals surface area contributed by atoms with Gasteiger partial charge < -0.3 is 10.6 Å². The van der Waals surface area contributed by atoms with Crippen LogP contribution in [0.1, 0.15) is 26.7 Å². The summed E-state index contributed by atoms with van der Waals surface area (Å²) in [5, 5.41) is 6.81. The monoisotopic (exact) mass is 282 g/mol. The molecule has 1 fully saturated rings. The maximum absolute atomic E-state index is 12.1. The normalized spacial score (nSPS) is 24.1. The lowest BCUT2D eigenvalue weighted by molar-refractivity contribution is 0.389. The average molecular weight is 282 g/mol. The Kier molecular flexibility index (Phi) is 4.47. The molecule has 2 atom stereocenters. The van der Waals surface area contributed by atoms with Crippen molar-refractivity contribution in [2.24, 2.45) is 0 Å². The molecule has 0 bridgehead atoms. The molecular formula is C14H22N2O2S. The number of nitrogens with one attached hydrogen (secondary N) is 2. The van der Waals surface area contributed by atoms with Crippen LogP contribution in [0, 0.1) is 0 Å². The Labute approximate surface area is 115 Å².